The molecule has 4 heavy (non-hydrogen) atoms. The van der Waals surface area contributed by atoms with Gasteiger partial charge in [-0.3, -0.25) is 0 Å². The first kappa shape index (κ1) is 9.14. The van der Waals surface area contributed by atoms with Crippen LogP contribution in [0.2, 0.25) is 0 Å². The van der Waals surface area contributed by atoms with Crippen LogP contribution in [0.15, 0.2) is 0 Å². The van der Waals surface area contributed by atoms with E-state index in [-0.39, 0.29) is 16.8 Å². The fourth-order valence-corrected chi connectivity index (χ4v) is 0. The molecule has 0 saturated carbocycles. The molecule has 0 amide bonds. The van der Waals surface area contributed by atoms with E-state index in [9.17, 15) is 0 Å². The Morgan fingerprint density at radius 1 is 1.25 bits per heavy atom. The van der Waals surface area contributed by atoms with Gasteiger partial charge in [0, 0.05) is 16.8 Å². The van der Waals surface area contributed by atoms with E-state index in [0.717, 1.165) is 0 Å². The standard InChI is InChI=1S/2ClH.2Co/h2*1H;;/q;;;+2/p-2. The van der Waals surface area contributed by atoms with Gasteiger partial charge in [0.2, 0.25) is 0 Å². The quantitative estimate of drug-likeness (QED) is 0.539. The zero-order chi connectivity index (χ0) is 2.71. The van der Waals surface area contributed by atoms with Gasteiger partial charge in [-0.15, -0.1) is 0 Å². The molecule has 0 bridgehead atoms. The number of hydrogen-bond acceptors (Lipinski definition) is 0. The van der Waals surface area contributed by atoms with E-state index < -0.39 is 0 Å². The van der Waals surface area contributed by atoms with Gasteiger partial charge in [-0.2, -0.15) is 0 Å². The summed E-state index contributed by atoms with van der Waals surface area (Å²) >= 11 is 0.382. The molecule has 0 unspecified atom stereocenters. The second-order valence-corrected chi connectivity index (χ2v) is 1.77. The summed E-state index contributed by atoms with van der Waals surface area (Å²) in [5, 5.41) is 0. The third-order valence-electron chi connectivity index (χ3n) is 0. The Morgan fingerprint density at radius 2 is 1.25 bits per heavy atom. The number of hydrogen-bond donors (Lipinski definition) is 0. The van der Waals surface area contributed by atoms with Crippen molar-refractivity contribution in [2.24, 2.45) is 0 Å². The summed E-state index contributed by atoms with van der Waals surface area (Å²) in [4.78, 5) is 0. The van der Waals surface area contributed by atoms with Crippen LogP contribution in [-0.2, 0) is 29.7 Å². The Morgan fingerprint density at radius 3 is 1.25 bits per heavy atom. The SMILES string of the molecule is [Cl][Co][Cl].[Co]. The summed E-state index contributed by atoms with van der Waals surface area (Å²) in [6, 6.07) is 0. The molecule has 0 heterocycles. The van der Waals surface area contributed by atoms with E-state index in [2.05, 4.69) is 0 Å². The van der Waals surface area contributed by atoms with Crippen molar-refractivity contribution >= 4 is 20.3 Å². The first-order valence-corrected chi connectivity index (χ1v) is 3.12. The largest absolute Gasteiger partial charge is 0 e. The molecule has 0 aliphatic rings. The van der Waals surface area contributed by atoms with Crippen LogP contribution in [-0.4, -0.2) is 0 Å². The summed E-state index contributed by atoms with van der Waals surface area (Å²) in [6.07, 6.45) is 0. The smallest absolute Gasteiger partial charge is 0 e. The van der Waals surface area contributed by atoms with Gasteiger partial charge in [-0.25, -0.2) is 0 Å². The van der Waals surface area contributed by atoms with E-state index in [0.29, 0.717) is 12.9 Å². The summed E-state index contributed by atoms with van der Waals surface area (Å²) in [7, 11) is 9.47. The third-order valence-corrected chi connectivity index (χ3v) is 0. The van der Waals surface area contributed by atoms with Crippen molar-refractivity contribution in [3.63, 3.8) is 0 Å². The molecular weight excluding hydrogens is 189 g/mol. The minimum atomic E-state index is 0. The van der Waals surface area contributed by atoms with Crippen LogP contribution in [0.4, 0.5) is 0 Å². The van der Waals surface area contributed by atoms with Crippen molar-refractivity contribution < 1.29 is 29.7 Å². The predicted octanol–water partition coefficient (Wildman–Crippen LogP) is 1.37. The van der Waals surface area contributed by atoms with Crippen LogP contribution in [0, 0.1) is 0 Å². The van der Waals surface area contributed by atoms with Crippen LogP contribution in [0.25, 0.3) is 0 Å². The zero-order valence-corrected chi connectivity index (χ0v) is 5.02. The van der Waals surface area contributed by atoms with Gasteiger partial charge < -0.3 is 0 Å². The topological polar surface area (TPSA) is 0 Å². The second kappa shape index (κ2) is 8.82. The fourth-order valence-electron chi connectivity index (χ4n) is 0. The number of halogens is 2. The van der Waals surface area contributed by atoms with Gasteiger partial charge in [-0.05, 0) is 0 Å². The maximum Gasteiger partial charge on any atom is 0 e. The molecule has 0 nitrogen and oxygen atoms in total. The van der Waals surface area contributed by atoms with Crippen molar-refractivity contribution in [2.75, 3.05) is 0 Å². The molecule has 0 aliphatic carbocycles. The van der Waals surface area contributed by atoms with Gasteiger partial charge in [0.05, 0.1) is 0 Å². The summed E-state index contributed by atoms with van der Waals surface area (Å²) < 4.78 is 0. The Balaban J connectivity index is 0. The van der Waals surface area contributed by atoms with E-state index in [1.807, 2.05) is 0 Å². The Bertz CT molecular complexity index is 4.00. The van der Waals surface area contributed by atoms with E-state index in [1.165, 1.54) is 0 Å². The second-order valence-electron chi connectivity index (χ2n) is 0.0476. The average molecular weight is 189 g/mol. The Kier molecular flexibility index (Phi) is 20.1. The third kappa shape index (κ3) is 9.52. The molecule has 0 aliphatic heterocycles. The zero-order valence-electron chi connectivity index (χ0n) is 1.42. The molecule has 0 fully saturated rings. The number of rotatable bonds is 0. The summed E-state index contributed by atoms with van der Waals surface area (Å²) in [6.45, 7) is 0. The molecule has 32 valence electrons. The molecule has 0 aromatic heterocycles. The normalized spacial score (nSPS) is 5.50. The van der Waals surface area contributed by atoms with Crippen molar-refractivity contribution in [3.8, 4) is 0 Å². The van der Waals surface area contributed by atoms with Gasteiger partial charge in [0.1, 0.15) is 0 Å². The van der Waals surface area contributed by atoms with Crippen LogP contribution in [0.5, 0.6) is 0 Å². The summed E-state index contributed by atoms with van der Waals surface area (Å²) in [5.41, 5.74) is 0. The molecular formula is Cl2Co2. The monoisotopic (exact) mass is 188 g/mol. The van der Waals surface area contributed by atoms with Gasteiger partial charge >= 0.3 is 33.2 Å². The minimum absolute atomic E-state index is 0. The van der Waals surface area contributed by atoms with Crippen LogP contribution in [0.3, 0.4) is 0 Å². The Hall–Kier alpha value is 1.59. The van der Waals surface area contributed by atoms with Crippen LogP contribution < -0.4 is 0 Å². The maximum atomic E-state index is 4.73. The Labute approximate surface area is 49.9 Å². The average Bonchev–Trinajstić information content (AvgIpc) is 0.918. The minimum Gasteiger partial charge on any atom is 0 e. The molecule has 4 heteroatoms. The van der Waals surface area contributed by atoms with Crippen LogP contribution >= 0.6 is 20.3 Å². The van der Waals surface area contributed by atoms with E-state index in [1.54, 1.807) is 0 Å². The maximum absolute atomic E-state index is 4.73. The first-order chi connectivity index (χ1) is 1.41. The van der Waals surface area contributed by atoms with Crippen molar-refractivity contribution in [1.82, 2.24) is 0 Å². The summed E-state index contributed by atoms with van der Waals surface area (Å²) in [5.74, 6) is 0. The van der Waals surface area contributed by atoms with Crippen molar-refractivity contribution in [2.45, 2.75) is 0 Å². The van der Waals surface area contributed by atoms with Gasteiger partial charge in [-0.1, -0.05) is 0 Å². The van der Waals surface area contributed by atoms with Crippen molar-refractivity contribution in [1.29, 1.82) is 0 Å². The first-order valence-electron chi connectivity index (χ1n) is 0.252. The molecule has 0 rings (SSSR count). The molecule has 1 radical (unpaired) electrons. The van der Waals surface area contributed by atoms with E-state index >= 15 is 0 Å². The predicted molar refractivity (Wildman–Crippen MR) is 11.7 cm³/mol. The molecule has 0 N–H and O–H groups in total. The molecule has 0 atom stereocenters. The fraction of sp³-hybridized carbons (Fsp3) is 0. The molecule has 0 aromatic rings. The molecule has 0 spiro atoms. The van der Waals surface area contributed by atoms with Gasteiger partial charge in [0.25, 0.3) is 0 Å². The van der Waals surface area contributed by atoms with E-state index in [4.69, 9.17) is 20.3 Å². The van der Waals surface area contributed by atoms with Crippen molar-refractivity contribution in [3.05, 3.63) is 0 Å². The molecule has 0 aromatic carbocycles. The van der Waals surface area contributed by atoms with Crippen LogP contribution in [0.1, 0.15) is 0 Å². The molecule has 0 saturated heterocycles. The van der Waals surface area contributed by atoms with Gasteiger partial charge in [0.15, 0.2) is 0 Å².